The summed E-state index contributed by atoms with van der Waals surface area (Å²) in [6, 6.07) is 8.80. The number of hydrogen-bond donors (Lipinski definition) is 1. The average molecular weight is 340 g/mol. The molecule has 3 aromatic rings. The fraction of sp³-hybridized carbons (Fsp3) is 0.0588. The lowest BCUT2D eigenvalue weighted by atomic mass is 10.2. The molecule has 1 aromatic carbocycles. The van der Waals surface area contributed by atoms with Crippen molar-refractivity contribution >= 4 is 11.6 Å². The molecule has 25 heavy (non-hydrogen) atoms. The molecule has 0 saturated carbocycles. The number of amides is 1. The predicted molar refractivity (Wildman–Crippen MR) is 88.1 cm³/mol. The fourth-order valence-corrected chi connectivity index (χ4v) is 2.03. The Labute approximate surface area is 141 Å². The molecule has 2 heterocycles. The van der Waals surface area contributed by atoms with E-state index in [1.165, 1.54) is 41.2 Å². The van der Waals surface area contributed by atoms with Crippen molar-refractivity contribution in [2.75, 3.05) is 5.32 Å². The van der Waals surface area contributed by atoms with Crippen LogP contribution >= 0.6 is 0 Å². The van der Waals surface area contributed by atoms with E-state index in [2.05, 4.69) is 15.3 Å². The zero-order valence-electron chi connectivity index (χ0n) is 13.1. The molecule has 0 aliphatic heterocycles. The molecule has 0 spiro atoms. The van der Waals surface area contributed by atoms with Gasteiger partial charge in [-0.1, -0.05) is 12.1 Å². The highest BCUT2D eigenvalue weighted by atomic mass is 19.1. The monoisotopic (exact) mass is 340 g/mol. The number of pyridine rings is 1. The third-order valence-electron chi connectivity index (χ3n) is 3.29. The highest BCUT2D eigenvalue weighted by Gasteiger charge is 2.12. The summed E-state index contributed by atoms with van der Waals surface area (Å²) in [6.07, 6.45) is 4.15. The molecule has 8 heteroatoms. The maximum Gasteiger partial charge on any atom is 0.322 e. The van der Waals surface area contributed by atoms with Gasteiger partial charge in [-0.3, -0.25) is 9.59 Å². The number of anilines is 1. The molecule has 0 atom stereocenters. The number of para-hydroxylation sites is 1. The quantitative estimate of drug-likeness (QED) is 0.788. The second kappa shape index (κ2) is 6.91. The van der Waals surface area contributed by atoms with Crippen LogP contribution in [-0.4, -0.2) is 20.4 Å². The number of nitrogens with zero attached hydrogens (tertiary/aromatic N) is 3. The van der Waals surface area contributed by atoms with Crippen molar-refractivity contribution in [2.45, 2.75) is 0 Å². The maximum atomic E-state index is 13.5. The second-order valence-electron chi connectivity index (χ2n) is 5.08. The summed E-state index contributed by atoms with van der Waals surface area (Å²) in [4.78, 5) is 31.9. The summed E-state index contributed by atoms with van der Waals surface area (Å²) in [5.74, 6) is -1.12. The Balaban J connectivity index is 1.72. The van der Waals surface area contributed by atoms with Gasteiger partial charge >= 0.3 is 6.01 Å². The minimum atomic E-state index is -0.576. The number of halogens is 1. The van der Waals surface area contributed by atoms with Crippen molar-refractivity contribution in [1.82, 2.24) is 14.5 Å². The number of benzene rings is 1. The van der Waals surface area contributed by atoms with E-state index in [0.29, 0.717) is 0 Å². The van der Waals surface area contributed by atoms with E-state index in [0.717, 1.165) is 0 Å². The Morgan fingerprint density at radius 2 is 1.88 bits per heavy atom. The molecule has 1 N–H and O–H groups in total. The SMILES string of the molecule is Cn1cccc(C(=O)Nc2cnc(Oc3ccccc3F)nc2)c1=O. The highest BCUT2D eigenvalue weighted by molar-refractivity contribution is 6.03. The van der Waals surface area contributed by atoms with Crippen molar-refractivity contribution in [1.29, 1.82) is 0 Å². The van der Waals surface area contributed by atoms with Crippen LogP contribution in [0.1, 0.15) is 10.4 Å². The Morgan fingerprint density at radius 1 is 1.16 bits per heavy atom. The third-order valence-corrected chi connectivity index (χ3v) is 3.29. The smallest absolute Gasteiger partial charge is 0.322 e. The normalized spacial score (nSPS) is 10.3. The number of ether oxygens (including phenoxy) is 1. The zero-order chi connectivity index (χ0) is 17.8. The molecule has 0 radical (unpaired) electrons. The average Bonchev–Trinajstić information content (AvgIpc) is 2.61. The molecular weight excluding hydrogens is 327 g/mol. The number of carbonyl (C=O) groups is 1. The van der Waals surface area contributed by atoms with Crippen molar-refractivity contribution in [3.05, 3.63) is 76.7 Å². The molecular formula is C17H13FN4O3. The first-order valence-electron chi connectivity index (χ1n) is 7.26. The van der Waals surface area contributed by atoms with Gasteiger partial charge in [-0.25, -0.2) is 14.4 Å². The molecule has 1 amide bonds. The first kappa shape index (κ1) is 16.3. The lowest BCUT2D eigenvalue weighted by molar-refractivity contribution is 0.102. The van der Waals surface area contributed by atoms with Gasteiger partial charge in [0.15, 0.2) is 11.6 Å². The molecule has 0 fully saturated rings. The summed E-state index contributed by atoms with van der Waals surface area (Å²) >= 11 is 0. The van der Waals surface area contributed by atoms with Crippen LogP contribution in [0, 0.1) is 5.82 Å². The van der Waals surface area contributed by atoms with Crippen LogP contribution in [0.2, 0.25) is 0 Å². The fourth-order valence-electron chi connectivity index (χ4n) is 2.03. The van der Waals surface area contributed by atoms with Gasteiger partial charge < -0.3 is 14.6 Å². The van der Waals surface area contributed by atoms with E-state index >= 15 is 0 Å². The number of hydrogen-bond acceptors (Lipinski definition) is 5. The Morgan fingerprint density at radius 3 is 2.60 bits per heavy atom. The van der Waals surface area contributed by atoms with Crippen LogP contribution in [0.5, 0.6) is 11.8 Å². The minimum absolute atomic E-state index is 0.00307. The van der Waals surface area contributed by atoms with Gasteiger partial charge in [0.2, 0.25) is 0 Å². The third kappa shape index (κ3) is 3.69. The van der Waals surface area contributed by atoms with Gasteiger partial charge in [0.1, 0.15) is 5.56 Å². The topological polar surface area (TPSA) is 86.1 Å². The summed E-state index contributed by atoms with van der Waals surface area (Å²) in [7, 11) is 1.55. The standard InChI is InChI=1S/C17H13FN4O3/c1-22-8-4-5-12(16(22)24)15(23)21-11-9-19-17(20-10-11)25-14-7-3-2-6-13(14)18/h2-10H,1H3,(H,21,23). The zero-order valence-corrected chi connectivity index (χ0v) is 13.1. The van der Waals surface area contributed by atoms with E-state index in [4.69, 9.17) is 4.74 Å². The van der Waals surface area contributed by atoms with Gasteiger partial charge in [-0.15, -0.1) is 0 Å². The summed E-state index contributed by atoms with van der Waals surface area (Å²) in [5, 5.41) is 2.52. The van der Waals surface area contributed by atoms with Crippen molar-refractivity contribution in [3.63, 3.8) is 0 Å². The summed E-state index contributed by atoms with van der Waals surface area (Å²) < 4.78 is 20.0. The molecule has 0 bridgehead atoms. The van der Waals surface area contributed by atoms with E-state index in [1.807, 2.05) is 0 Å². The van der Waals surface area contributed by atoms with Crippen LogP contribution in [0.3, 0.4) is 0 Å². The minimum Gasteiger partial charge on any atom is -0.421 e. The van der Waals surface area contributed by atoms with Crippen LogP contribution in [0.15, 0.2) is 59.8 Å². The first-order chi connectivity index (χ1) is 12.0. The van der Waals surface area contributed by atoms with Crippen LogP contribution in [-0.2, 0) is 7.05 Å². The number of aromatic nitrogens is 3. The lowest BCUT2D eigenvalue weighted by Gasteiger charge is -2.07. The Kier molecular flexibility index (Phi) is 4.51. The van der Waals surface area contributed by atoms with E-state index < -0.39 is 17.3 Å². The molecule has 2 aromatic heterocycles. The molecule has 0 aliphatic rings. The van der Waals surface area contributed by atoms with Gasteiger partial charge in [0, 0.05) is 13.2 Å². The van der Waals surface area contributed by atoms with E-state index in [1.54, 1.807) is 25.4 Å². The van der Waals surface area contributed by atoms with Gasteiger partial charge in [-0.05, 0) is 24.3 Å². The summed E-state index contributed by atoms with van der Waals surface area (Å²) in [6.45, 7) is 0. The van der Waals surface area contributed by atoms with Gasteiger partial charge in [0.25, 0.3) is 11.5 Å². The van der Waals surface area contributed by atoms with Crippen LogP contribution in [0.25, 0.3) is 0 Å². The predicted octanol–water partition coefficient (Wildman–Crippen LogP) is 2.36. The van der Waals surface area contributed by atoms with E-state index in [-0.39, 0.29) is 23.0 Å². The molecule has 0 aliphatic carbocycles. The first-order valence-corrected chi connectivity index (χ1v) is 7.26. The Hall–Kier alpha value is -3.55. The number of nitrogens with one attached hydrogen (secondary N) is 1. The van der Waals surface area contributed by atoms with Crippen molar-refractivity contribution in [3.8, 4) is 11.8 Å². The Bertz CT molecular complexity index is 970. The second-order valence-corrected chi connectivity index (χ2v) is 5.08. The molecule has 0 saturated heterocycles. The number of aryl methyl sites for hydroxylation is 1. The number of rotatable bonds is 4. The van der Waals surface area contributed by atoms with Crippen LogP contribution in [0.4, 0.5) is 10.1 Å². The van der Waals surface area contributed by atoms with Gasteiger partial charge in [0.05, 0.1) is 18.1 Å². The molecule has 3 rings (SSSR count). The highest BCUT2D eigenvalue weighted by Crippen LogP contribution is 2.21. The molecule has 7 nitrogen and oxygen atoms in total. The molecule has 126 valence electrons. The lowest BCUT2D eigenvalue weighted by Crippen LogP contribution is -2.27. The van der Waals surface area contributed by atoms with E-state index in [9.17, 15) is 14.0 Å². The molecule has 0 unspecified atom stereocenters. The maximum absolute atomic E-state index is 13.5. The largest absolute Gasteiger partial charge is 0.421 e. The summed E-state index contributed by atoms with van der Waals surface area (Å²) in [5.41, 5.74) is -0.145. The number of carbonyl (C=O) groups excluding carboxylic acids is 1. The van der Waals surface area contributed by atoms with Crippen molar-refractivity contribution in [2.24, 2.45) is 7.05 Å². The van der Waals surface area contributed by atoms with Crippen LogP contribution < -0.4 is 15.6 Å². The van der Waals surface area contributed by atoms with Gasteiger partial charge in [-0.2, -0.15) is 0 Å². The van der Waals surface area contributed by atoms with Crippen molar-refractivity contribution < 1.29 is 13.9 Å².